The van der Waals surface area contributed by atoms with Crippen molar-refractivity contribution in [3.05, 3.63) is 34.1 Å². The van der Waals surface area contributed by atoms with E-state index >= 15 is 0 Å². The van der Waals surface area contributed by atoms with Gasteiger partial charge < -0.3 is 0 Å². The summed E-state index contributed by atoms with van der Waals surface area (Å²) in [5.41, 5.74) is 0.789. The molecule has 0 saturated carbocycles. The maximum atomic E-state index is 13.8. The van der Waals surface area contributed by atoms with E-state index in [1.807, 2.05) is 0 Å². The Kier molecular flexibility index (Phi) is 3.09. The summed E-state index contributed by atoms with van der Waals surface area (Å²) in [6, 6.07) is -0.00285. The zero-order valence-electron chi connectivity index (χ0n) is 12.0. The van der Waals surface area contributed by atoms with E-state index in [-0.39, 0.29) is 24.0 Å². The molecule has 0 bridgehead atoms. The van der Waals surface area contributed by atoms with Crippen molar-refractivity contribution < 1.29 is 23.6 Å². The van der Waals surface area contributed by atoms with Gasteiger partial charge in [-0.05, 0) is 37.5 Å². The van der Waals surface area contributed by atoms with E-state index < -0.39 is 35.5 Å². The zero-order valence-corrected chi connectivity index (χ0v) is 12.0. The maximum Gasteiger partial charge on any atom is 0.262 e. The molecular formula is C15H13FN2O4. The van der Waals surface area contributed by atoms with Crippen LogP contribution in [0.2, 0.25) is 0 Å². The molecule has 3 rings (SSSR count). The highest BCUT2D eigenvalue weighted by Crippen LogP contribution is 2.32. The van der Waals surface area contributed by atoms with Gasteiger partial charge in [0.25, 0.3) is 11.8 Å². The fraction of sp³-hybridized carbons (Fsp3) is 0.333. The van der Waals surface area contributed by atoms with Crippen molar-refractivity contribution >= 4 is 23.6 Å². The van der Waals surface area contributed by atoms with Gasteiger partial charge in [0.15, 0.2) is 0 Å². The van der Waals surface area contributed by atoms with Crippen LogP contribution in [0.1, 0.15) is 44.7 Å². The summed E-state index contributed by atoms with van der Waals surface area (Å²) >= 11 is 0. The summed E-state index contributed by atoms with van der Waals surface area (Å²) in [6.07, 6.45) is 0.132. The summed E-state index contributed by atoms with van der Waals surface area (Å²) in [5, 5.41) is 2.11. The number of carbonyl (C=O) groups excluding carboxylic acids is 4. The third kappa shape index (κ3) is 1.85. The number of benzene rings is 1. The lowest BCUT2D eigenvalue weighted by molar-refractivity contribution is -0.136. The second-order valence-electron chi connectivity index (χ2n) is 5.48. The molecule has 1 aromatic rings. The number of halogens is 1. The third-order valence-corrected chi connectivity index (χ3v) is 4.24. The first-order valence-electron chi connectivity index (χ1n) is 6.84. The van der Waals surface area contributed by atoms with Crippen LogP contribution >= 0.6 is 0 Å². The van der Waals surface area contributed by atoms with E-state index in [9.17, 15) is 23.6 Å². The minimum absolute atomic E-state index is 0.0321. The van der Waals surface area contributed by atoms with Gasteiger partial charge in [0.1, 0.15) is 11.9 Å². The molecule has 2 aliphatic rings. The smallest absolute Gasteiger partial charge is 0.262 e. The quantitative estimate of drug-likeness (QED) is 0.779. The Morgan fingerprint density at radius 2 is 1.82 bits per heavy atom. The molecular weight excluding hydrogens is 291 g/mol. The standard InChI is InChI=1S/C15H13FN2O4/c1-6-7(2)12-8(5-9(6)16)14(21)18(15(12)22)10-3-4-11(19)17-13(10)20/h5,10H,3-4H2,1-2H3,(H,17,19,20). The van der Waals surface area contributed by atoms with Crippen LogP contribution in [-0.4, -0.2) is 34.6 Å². The molecule has 22 heavy (non-hydrogen) atoms. The monoisotopic (exact) mass is 304 g/mol. The molecule has 1 saturated heterocycles. The van der Waals surface area contributed by atoms with Gasteiger partial charge in [-0.15, -0.1) is 0 Å². The highest BCUT2D eigenvalue weighted by atomic mass is 19.1. The molecule has 1 fully saturated rings. The van der Waals surface area contributed by atoms with Gasteiger partial charge in [-0.1, -0.05) is 0 Å². The fourth-order valence-corrected chi connectivity index (χ4v) is 2.87. The number of nitrogens with one attached hydrogen (secondary N) is 1. The number of nitrogens with zero attached hydrogens (tertiary/aromatic N) is 1. The zero-order chi connectivity index (χ0) is 16.2. The van der Waals surface area contributed by atoms with E-state index in [1.165, 1.54) is 6.92 Å². The summed E-state index contributed by atoms with van der Waals surface area (Å²) in [4.78, 5) is 48.9. The average molecular weight is 304 g/mol. The van der Waals surface area contributed by atoms with Crippen molar-refractivity contribution in [2.75, 3.05) is 0 Å². The Bertz CT molecular complexity index is 756. The molecule has 0 aliphatic carbocycles. The molecule has 1 aromatic carbocycles. The lowest BCUT2D eigenvalue weighted by Crippen LogP contribution is -2.54. The van der Waals surface area contributed by atoms with Gasteiger partial charge in [0.2, 0.25) is 11.8 Å². The van der Waals surface area contributed by atoms with Gasteiger partial charge in [-0.2, -0.15) is 0 Å². The topological polar surface area (TPSA) is 83.6 Å². The number of rotatable bonds is 1. The van der Waals surface area contributed by atoms with Gasteiger partial charge in [0, 0.05) is 6.42 Å². The first-order valence-corrected chi connectivity index (χ1v) is 6.84. The molecule has 0 radical (unpaired) electrons. The molecule has 1 atom stereocenters. The number of hydrogen-bond acceptors (Lipinski definition) is 4. The van der Waals surface area contributed by atoms with Crippen LogP contribution in [0.15, 0.2) is 6.07 Å². The molecule has 2 heterocycles. The second kappa shape index (κ2) is 4.72. The summed E-state index contributed by atoms with van der Waals surface area (Å²) in [6.45, 7) is 3.09. The number of imide groups is 2. The van der Waals surface area contributed by atoms with Crippen molar-refractivity contribution in [2.24, 2.45) is 0 Å². The Morgan fingerprint density at radius 1 is 1.14 bits per heavy atom. The van der Waals surface area contributed by atoms with E-state index in [1.54, 1.807) is 6.92 Å². The lowest BCUT2D eigenvalue weighted by atomic mass is 9.98. The number of fused-ring (bicyclic) bond motifs is 1. The van der Waals surface area contributed by atoms with Crippen LogP contribution in [0, 0.1) is 19.7 Å². The number of hydrogen-bond donors (Lipinski definition) is 1. The minimum Gasteiger partial charge on any atom is -0.295 e. The van der Waals surface area contributed by atoms with Crippen LogP contribution in [0.3, 0.4) is 0 Å². The van der Waals surface area contributed by atoms with Gasteiger partial charge in [-0.25, -0.2) is 4.39 Å². The molecule has 6 nitrogen and oxygen atoms in total. The Hall–Kier alpha value is -2.57. The average Bonchev–Trinajstić information content (AvgIpc) is 2.69. The summed E-state index contributed by atoms with van der Waals surface area (Å²) in [7, 11) is 0. The van der Waals surface area contributed by atoms with Crippen molar-refractivity contribution in [3.63, 3.8) is 0 Å². The van der Waals surface area contributed by atoms with Crippen LogP contribution < -0.4 is 5.32 Å². The van der Waals surface area contributed by atoms with Crippen molar-refractivity contribution in [1.82, 2.24) is 10.2 Å². The first-order chi connectivity index (χ1) is 10.3. The minimum atomic E-state index is -1.03. The molecule has 0 aromatic heterocycles. The first kappa shape index (κ1) is 14.4. The number of piperidine rings is 1. The Morgan fingerprint density at radius 3 is 2.45 bits per heavy atom. The number of amides is 4. The maximum absolute atomic E-state index is 13.8. The summed E-state index contributed by atoms with van der Waals surface area (Å²) in [5.74, 6) is -2.99. The number of carbonyl (C=O) groups is 4. The van der Waals surface area contributed by atoms with Gasteiger partial charge in [0.05, 0.1) is 11.1 Å². The lowest BCUT2D eigenvalue weighted by Gasteiger charge is -2.27. The summed E-state index contributed by atoms with van der Waals surface area (Å²) < 4.78 is 13.8. The molecule has 2 aliphatic heterocycles. The van der Waals surface area contributed by atoms with Crippen LogP contribution in [0.25, 0.3) is 0 Å². The predicted molar refractivity (Wildman–Crippen MR) is 72.5 cm³/mol. The molecule has 1 unspecified atom stereocenters. The van der Waals surface area contributed by atoms with Crippen molar-refractivity contribution in [3.8, 4) is 0 Å². The molecule has 0 spiro atoms. The van der Waals surface area contributed by atoms with Crippen LogP contribution in [0.4, 0.5) is 4.39 Å². The predicted octanol–water partition coefficient (Wildman–Crippen LogP) is 0.844. The highest BCUT2D eigenvalue weighted by molar-refractivity contribution is 6.24. The fourth-order valence-electron chi connectivity index (χ4n) is 2.87. The van der Waals surface area contributed by atoms with Crippen LogP contribution in [0.5, 0.6) is 0 Å². The van der Waals surface area contributed by atoms with Gasteiger partial charge >= 0.3 is 0 Å². The molecule has 1 N–H and O–H groups in total. The second-order valence-corrected chi connectivity index (χ2v) is 5.48. The van der Waals surface area contributed by atoms with Crippen LogP contribution in [-0.2, 0) is 9.59 Å². The molecule has 4 amide bonds. The van der Waals surface area contributed by atoms with E-state index in [2.05, 4.69) is 5.32 Å². The van der Waals surface area contributed by atoms with Crippen molar-refractivity contribution in [2.45, 2.75) is 32.7 Å². The van der Waals surface area contributed by atoms with E-state index in [0.29, 0.717) is 11.1 Å². The highest BCUT2D eigenvalue weighted by Gasteiger charge is 2.45. The van der Waals surface area contributed by atoms with Gasteiger partial charge in [-0.3, -0.25) is 29.4 Å². The normalized spacial score (nSPS) is 21.2. The van der Waals surface area contributed by atoms with E-state index in [4.69, 9.17) is 0 Å². The van der Waals surface area contributed by atoms with Crippen molar-refractivity contribution in [1.29, 1.82) is 0 Å². The SMILES string of the molecule is Cc1c(F)cc2c(c1C)C(=O)N(C1CCC(=O)NC1=O)C2=O. The Labute approximate surface area is 125 Å². The van der Waals surface area contributed by atoms with E-state index in [0.717, 1.165) is 11.0 Å². The molecule has 7 heteroatoms. The largest absolute Gasteiger partial charge is 0.295 e. The third-order valence-electron chi connectivity index (χ3n) is 4.24. The molecule has 114 valence electrons. The Balaban J connectivity index is 2.06.